The third kappa shape index (κ3) is 6.27. The van der Waals surface area contributed by atoms with E-state index in [0.717, 1.165) is 37.1 Å². The van der Waals surface area contributed by atoms with Crippen LogP contribution in [0.4, 0.5) is 4.79 Å². The van der Waals surface area contributed by atoms with Crippen LogP contribution in [0.25, 0.3) is 0 Å². The highest BCUT2D eigenvalue weighted by Crippen LogP contribution is 2.26. The number of unbranched alkanes of at least 4 members (excludes halogenated alkanes) is 1. The maximum absolute atomic E-state index is 12.3. The van der Waals surface area contributed by atoms with Gasteiger partial charge in [0.15, 0.2) is 0 Å². The summed E-state index contributed by atoms with van der Waals surface area (Å²) in [6, 6.07) is 0.555. The quantitative estimate of drug-likeness (QED) is 0.745. The number of rotatable bonds is 6. The Morgan fingerprint density at radius 2 is 1.75 bits per heavy atom. The van der Waals surface area contributed by atoms with Gasteiger partial charge >= 0.3 is 6.03 Å². The number of hydrogen-bond acceptors (Lipinski definition) is 2. The average molecular weight is 338 g/mol. The number of nitrogens with zero attached hydrogens (tertiary/aromatic N) is 2. The van der Waals surface area contributed by atoms with Gasteiger partial charge in [-0.3, -0.25) is 0 Å². The van der Waals surface area contributed by atoms with E-state index in [2.05, 4.69) is 31.0 Å². The molecule has 1 aliphatic heterocycles. The molecule has 1 aliphatic carbocycles. The number of hydrogen-bond donors (Lipinski definition) is 1. The first-order valence-corrected chi connectivity index (χ1v) is 10.2. The van der Waals surface area contributed by atoms with Crippen molar-refractivity contribution in [2.45, 2.75) is 71.8 Å². The SMILES string of the molecule is CC1CCCC(N(C)C(=O)NCCCCN2CC(C)CC(C)C2)C1. The Hall–Kier alpha value is -0.770. The lowest BCUT2D eigenvalue weighted by Gasteiger charge is -2.35. The van der Waals surface area contributed by atoms with Crippen molar-refractivity contribution < 1.29 is 4.79 Å². The molecule has 1 heterocycles. The predicted octanol–water partition coefficient (Wildman–Crippen LogP) is 3.96. The second-order valence-electron chi connectivity index (χ2n) is 8.68. The van der Waals surface area contributed by atoms with Crippen LogP contribution in [0.15, 0.2) is 0 Å². The van der Waals surface area contributed by atoms with Crippen LogP contribution < -0.4 is 5.32 Å². The number of nitrogens with one attached hydrogen (secondary N) is 1. The summed E-state index contributed by atoms with van der Waals surface area (Å²) >= 11 is 0. The van der Waals surface area contributed by atoms with Crippen LogP contribution in [0.2, 0.25) is 0 Å². The van der Waals surface area contributed by atoms with Crippen LogP contribution in [0, 0.1) is 17.8 Å². The van der Waals surface area contributed by atoms with Gasteiger partial charge in [0.05, 0.1) is 0 Å². The average Bonchev–Trinajstić information content (AvgIpc) is 2.52. The van der Waals surface area contributed by atoms with Gasteiger partial charge in [0.2, 0.25) is 0 Å². The zero-order chi connectivity index (χ0) is 17.5. The predicted molar refractivity (Wildman–Crippen MR) is 101 cm³/mol. The topological polar surface area (TPSA) is 35.6 Å². The molecular formula is C20H39N3O. The number of amides is 2. The van der Waals surface area contributed by atoms with Gasteiger partial charge in [-0.2, -0.15) is 0 Å². The van der Waals surface area contributed by atoms with E-state index in [1.54, 1.807) is 0 Å². The molecule has 24 heavy (non-hydrogen) atoms. The van der Waals surface area contributed by atoms with Gasteiger partial charge in [-0.15, -0.1) is 0 Å². The summed E-state index contributed by atoms with van der Waals surface area (Å²) in [5.74, 6) is 2.42. The van der Waals surface area contributed by atoms with Crippen LogP contribution in [-0.4, -0.2) is 55.1 Å². The molecule has 0 aromatic rings. The minimum Gasteiger partial charge on any atom is -0.338 e. The van der Waals surface area contributed by atoms with Crippen molar-refractivity contribution in [2.75, 3.05) is 33.2 Å². The summed E-state index contributed by atoms with van der Waals surface area (Å²) in [6.07, 6.45) is 8.55. The van der Waals surface area contributed by atoms with E-state index in [0.29, 0.717) is 6.04 Å². The first-order chi connectivity index (χ1) is 11.5. The Kier molecular flexibility index (Phi) is 7.86. The molecular weight excluding hydrogens is 298 g/mol. The molecule has 0 bridgehead atoms. The van der Waals surface area contributed by atoms with Crippen LogP contribution in [0.1, 0.15) is 65.7 Å². The van der Waals surface area contributed by atoms with E-state index in [-0.39, 0.29) is 6.03 Å². The Morgan fingerprint density at radius 3 is 2.42 bits per heavy atom. The fourth-order valence-electron chi connectivity index (χ4n) is 4.67. The van der Waals surface area contributed by atoms with Crippen LogP contribution in [0.5, 0.6) is 0 Å². The summed E-state index contributed by atoms with van der Waals surface area (Å²) < 4.78 is 0. The van der Waals surface area contributed by atoms with E-state index in [9.17, 15) is 4.79 Å². The first-order valence-electron chi connectivity index (χ1n) is 10.2. The molecule has 1 saturated heterocycles. The molecule has 4 atom stereocenters. The highest BCUT2D eigenvalue weighted by Gasteiger charge is 2.25. The fourth-order valence-corrected chi connectivity index (χ4v) is 4.67. The molecule has 1 saturated carbocycles. The smallest absolute Gasteiger partial charge is 0.317 e. The number of piperidine rings is 1. The molecule has 0 spiro atoms. The Balaban J connectivity index is 1.57. The lowest BCUT2D eigenvalue weighted by molar-refractivity contribution is 0.138. The van der Waals surface area contributed by atoms with Crippen LogP contribution >= 0.6 is 0 Å². The minimum atomic E-state index is 0.120. The van der Waals surface area contributed by atoms with Gasteiger partial charge < -0.3 is 15.1 Å². The van der Waals surface area contributed by atoms with Crippen LogP contribution in [-0.2, 0) is 0 Å². The summed E-state index contributed by atoms with van der Waals surface area (Å²) in [5, 5.41) is 3.12. The van der Waals surface area contributed by atoms with Crippen molar-refractivity contribution in [3.63, 3.8) is 0 Å². The van der Waals surface area contributed by atoms with Crippen LogP contribution in [0.3, 0.4) is 0 Å². The molecule has 4 nitrogen and oxygen atoms in total. The molecule has 2 aliphatic rings. The van der Waals surface area contributed by atoms with Gasteiger partial charge in [-0.25, -0.2) is 4.79 Å². The number of carbonyl (C=O) groups excluding carboxylic acids is 1. The third-order valence-corrected chi connectivity index (χ3v) is 5.90. The van der Waals surface area contributed by atoms with Gasteiger partial charge in [0, 0.05) is 32.7 Å². The van der Waals surface area contributed by atoms with Crippen molar-refractivity contribution >= 4 is 6.03 Å². The summed E-state index contributed by atoms with van der Waals surface area (Å²) in [6.45, 7) is 11.5. The lowest BCUT2D eigenvalue weighted by atomic mass is 9.86. The first kappa shape index (κ1) is 19.6. The van der Waals surface area contributed by atoms with Gasteiger partial charge in [-0.1, -0.05) is 33.6 Å². The third-order valence-electron chi connectivity index (χ3n) is 5.90. The van der Waals surface area contributed by atoms with E-state index in [1.165, 1.54) is 51.7 Å². The largest absolute Gasteiger partial charge is 0.338 e. The van der Waals surface area contributed by atoms with E-state index in [1.807, 2.05) is 11.9 Å². The molecule has 4 unspecified atom stereocenters. The Morgan fingerprint density at radius 1 is 1.04 bits per heavy atom. The molecule has 2 rings (SSSR count). The van der Waals surface area contributed by atoms with E-state index >= 15 is 0 Å². The molecule has 0 aromatic heterocycles. The summed E-state index contributed by atoms with van der Waals surface area (Å²) in [5.41, 5.74) is 0. The van der Waals surface area contributed by atoms with E-state index in [4.69, 9.17) is 0 Å². The van der Waals surface area contributed by atoms with Crippen molar-refractivity contribution in [3.05, 3.63) is 0 Å². The molecule has 2 amide bonds. The zero-order valence-electron chi connectivity index (χ0n) is 16.4. The summed E-state index contributed by atoms with van der Waals surface area (Å²) in [4.78, 5) is 16.9. The fraction of sp³-hybridized carbons (Fsp3) is 0.950. The number of likely N-dealkylation sites (tertiary alicyclic amines) is 1. The highest BCUT2D eigenvalue weighted by molar-refractivity contribution is 5.74. The zero-order valence-corrected chi connectivity index (χ0v) is 16.4. The highest BCUT2D eigenvalue weighted by atomic mass is 16.2. The monoisotopic (exact) mass is 337 g/mol. The Bertz CT molecular complexity index is 377. The van der Waals surface area contributed by atoms with Gasteiger partial charge in [0.1, 0.15) is 0 Å². The maximum Gasteiger partial charge on any atom is 0.317 e. The number of urea groups is 1. The number of carbonyl (C=O) groups is 1. The van der Waals surface area contributed by atoms with Gasteiger partial charge in [-0.05, 0) is 56.4 Å². The second kappa shape index (κ2) is 9.65. The van der Waals surface area contributed by atoms with E-state index < -0.39 is 0 Å². The molecule has 0 aromatic carbocycles. The molecule has 1 N–H and O–H groups in total. The second-order valence-corrected chi connectivity index (χ2v) is 8.68. The summed E-state index contributed by atoms with van der Waals surface area (Å²) in [7, 11) is 1.97. The van der Waals surface area contributed by atoms with Crippen molar-refractivity contribution in [1.82, 2.24) is 15.1 Å². The maximum atomic E-state index is 12.3. The molecule has 2 fully saturated rings. The Labute approximate surface area is 149 Å². The van der Waals surface area contributed by atoms with Crippen molar-refractivity contribution in [3.8, 4) is 0 Å². The molecule has 0 radical (unpaired) electrons. The normalized spacial score (nSPS) is 31.7. The van der Waals surface area contributed by atoms with Crippen molar-refractivity contribution in [1.29, 1.82) is 0 Å². The van der Waals surface area contributed by atoms with Gasteiger partial charge in [0.25, 0.3) is 0 Å². The molecule has 140 valence electrons. The van der Waals surface area contributed by atoms with Crippen molar-refractivity contribution in [2.24, 2.45) is 17.8 Å². The molecule has 4 heteroatoms. The lowest BCUT2D eigenvalue weighted by Crippen LogP contribution is -2.45. The standard InChI is InChI=1S/C20H39N3O/c1-16-8-7-9-19(13-16)22(4)20(24)21-10-5-6-11-23-14-17(2)12-18(3)15-23/h16-19H,5-15H2,1-4H3,(H,21,24). The minimum absolute atomic E-state index is 0.120.